The van der Waals surface area contributed by atoms with E-state index in [0.29, 0.717) is 12.2 Å². The lowest BCUT2D eigenvalue weighted by Gasteiger charge is -2.20. The monoisotopic (exact) mass is 301 g/mol. The molecular weight excluding hydrogens is 282 g/mol. The van der Waals surface area contributed by atoms with Crippen LogP contribution in [0.3, 0.4) is 0 Å². The minimum atomic E-state index is -3.87. The molecule has 6 nitrogen and oxygen atoms in total. The number of rotatable bonds is 7. The second-order valence-electron chi connectivity index (χ2n) is 4.50. The van der Waals surface area contributed by atoms with E-state index >= 15 is 0 Å². The maximum Gasteiger partial charge on any atom is 0.322 e. The molecule has 20 heavy (non-hydrogen) atoms. The Labute approximate surface area is 118 Å². The summed E-state index contributed by atoms with van der Waals surface area (Å²) in [6, 6.07) is 4.61. The van der Waals surface area contributed by atoms with Gasteiger partial charge in [0.2, 0.25) is 10.0 Å². The summed E-state index contributed by atoms with van der Waals surface area (Å²) in [4.78, 5) is 11.2. The van der Waals surface area contributed by atoms with Crippen molar-refractivity contribution in [1.82, 2.24) is 4.72 Å². The van der Waals surface area contributed by atoms with Crippen LogP contribution in [0.15, 0.2) is 29.2 Å². The Kier molecular flexibility index (Phi) is 5.52. The standard InChI is InChI=1S/C13H19NO5S/c1-4-9(2)12(13(15)16)14-20(17,18)11-7-5-10(19-3)6-8-11/h5-9,12,14H,4H2,1-3H3,(H,15,16). The number of hydrogen-bond acceptors (Lipinski definition) is 4. The highest BCUT2D eigenvalue weighted by Gasteiger charge is 2.29. The van der Waals surface area contributed by atoms with Crippen LogP contribution in [0.4, 0.5) is 0 Å². The van der Waals surface area contributed by atoms with Crippen molar-refractivity contribution < 1.29 is 23.1 Å². The van der Waals surface area contributed by atoms with Gasteiger partial charge in [0.25, 0.3) is 0 Å². The molecule has 0 aliphatic carbocycles. The average Bonchev–Trinajstić information content (AvgIpc) is 2.43. The van der Waals surface area contributed by atoms with Gasteiger partial charge >= 0.3 is 5.97 Å². The van der Waals surface area contributed by atoms with Gasteiger partial charge in [-0.1, -0.05) is 20.3 Å². The lowest BCUT2D eigenvalue weighted by atomic mass is 10.0. The van der Waals surface area contributed by atoms with E-state index < -0.39 is 22.0 Å². The third-order valence-electron chi connectivity index (χ3n) is 3.13. The van der Waals surface area contributed by atoms with E-state index in [9.17, 15) is 13.2 Å². The van der Waals surface area contributed by atoms with E-state index in [1.54, 1.807) is 6.92 Å². The van der Waals surface area contributed by atoms with Crippen LogP contribution in [0.5, 0.6) is 5.75 Å². The third kappa shape index (κ3) is 3.94. The first-order valence-corrected chi connectivity index (χ1v) is 7.69. The van der Waals surface area contributed by atoms with Gasteiger partial charge < -0.3 is 9.84 Å². The molecule has 0 aromatic heterocycles. The maximum atomic E-state index is 12.2. The summed E-state index contributed by atoms with van der Waals surface area (Å²) in [7, 11) is -2.39. The Bertz CT molecular complexity index is 553. The molecule has 0 spiro atoms. The van der Waals surface area contributed by atoms with Crippen LogP contribution in [0.1, 0.15) is 20.3 Å². The SMILES string of the molecule is CCC(C)C(NS(=O)(=O)c1ccc(OC)cc1)C(=O)O. The molecule has 1 rings (SSSR count). The summed E-state index contributed by atoms with van der Waals surface area (Å²) >= 11 is 0. The Morgan fingerprint density at radius 2 is 1.90 bits per heavy atom. The zero-order chi connectivity index (χ0) is 15.3. The van der Waals surface area contributed by atoms with Crippen LogP contribution < -0.4 is 9.46 Å². The van der Waals surface area contributed by atoms with Crippen LogP contribution in [-0.2, 0) is 14.8 Å². The molecule has 1 aromatic carbocycles. The number of sulfonamides is 1. The zero-order valence-corrected chi connectivity index (χ0v) is 12.5. The van der Waals surface area contributed by atoms with E-state index in [0.717, 1.165) is 0 Å². The fourth-order valence-corrected chi connectivity index (χ4v) is 2.93. The molecule has 0 aliphatic heterocycles. The van der Waals surface area contributed by atoms with Gasteiger partial charge in [-0.25, -0.2) is 8.42 Å². The van der Waals surface area contributed by atoms with Crippen LogP contribution in [-0.4, -0.2) is 32.6 Å². The van der Waals surface area contributed by atoms with Gasteiger partial charge in [0.05, 0.1) is 12.0 Å². The van der Waals surface area contributed by atoms with Crippen molar-refractivity contribution in [1.29, 1.82) is 0 Å². The average molecular weight is 301 g/mol. The number of ether oxygens (including phenoxy) is 1. The van der Waals surface area contributed by atoms with E-state index in [1.807, 2.05) is 6.92 Å². The maximum absolute atomic E-state index is 12.2. The summed E-state index contributed by atoms with van der Waals surface area (Å²) in [5, 5.41) is 9.12. The van der Waals surface area contributed by atoms with E-state index in [1.165, 1.54) is 31.4 Å². The predicted molar refractivity (Wildman–Crippen MR) is 74.2 cm³/mol. The van der Waals surface area contributed by atoms with Crippen LogP contribution >= 0.6 is 0 Å². The number of hydrogen-bond donors (Lipinski definition) is 2. The molecule has 2 unspecified atom stereocenters. The minimum absolute atomic E-state index is 0.00727. The third-order valence-corrected chi connectivity index (χ3v) is 4.59. The van der Waals surface area contributed by atoms with Gasteiger partial charge in [0.1, 0.15) is 11.8 Å². The molecule has 0 saturated carbocycles. The van der Waals surface area contributed by atoms with Gasteiger partial charge in [0.15, 0.2) is 0 Å². The first kappa shape index (κ1) is 16.5. The van der Waals surface area contributed by atoms with Crippen molar-refractivity contribution in [3.05, 3.63) is 24.3 Å². The van der Waals surface area contributed by atoms with Crippen LogP contribution in [0.25, 0.3) is 0 Å². The molecular formula is C13H19NO5S. The Morgan fingerprint density at radius 1 is 1.35 bits per heavy atom. The van der Waals surface area contributed by atoms with Crippen molar-refractivity contribution in [2.75, 3.05) is 7.11 Å². The Balaban J connectivity index is 3.00. The number of carbonyl (C=O) groups is 1. The largest absolute Gasteiger partial charge is 0.497 e. The normalized spacial score (nSPS) is 14.6. The summed E-state index contributed by atoms with van der Waals surface area (Å²) in [5.74, 6) is -0.961. The smallest absolute Gasteiger partial charge is 0.322 e. The van der Waals surface area contributed by atoms with Crippen LogP contribution in [0, 0.1) is 5.92 Å². The first-order chi connectivity index (χ1) is 9.31. The number of benzene rings is 1. The molecule has 2 atom stereocenters. The molecule has 0 aliphatic rings. The second kappa shape index (κ2) is 6.71. The molecule has 0 amide bonds. The highest BCUT2D eigenvalue weighted by atomic mass is 32.2. The Hall–Kier alpha value is -1.60. The summed E-state index contributed by atoms with van der Waals surface area (Å²) in [5.41, 5.74) is 0. The number of carboxylic acids is 1. The van der Waals surface area contributed by atoms with Crippen molar-refractivity contribution in [3.8, 4) is 5.75 Å². The fraction of sp³-hybridized carbons (Fsp3) is 0.462. The minimum Gasteiger partial charge on any atom is -0.497 e. The van der Waals surface area contributed by atoms with Gasteiger partial charge in [-0.15, -0.1) is 0 Å². The molecule has 0 heterocycles. The quantitative estimate of drug-likeness (QED) is 0.795. The van der Waals surface area contributed by atoms with Gasteiger partial charge in [-0.2, -0.15) is 4.72 Å². The Morgan fingerprint density at radius 3 is 2.30 bits per heavy atom. The first-order valence-electron chi connectivity index (χ1n) is 6.21. The number of aliphatic carboxylic acids is 1. The van der Waals surface area contributed by atoms with Crippen molar-refractivity contribution in [3.63, 3.8) is 0 Å². The molecule has 0 radical (unpaired) electrons. The van der Waals surface area contributed by atoms with Crippen molar-refractivity contribution in [2.45, 2.75) is 31.2 Å². The van der Waals surface area contributed by atoms with Crippen molar-refractivity contribution >= 4 is 16.0 Å². The summed E-state index contributed by atoms with van der Waals surface area (Å²) in [6.45, 7) is 3.50. The number of nitrogens with one attached hydrogen (secondary N) is 1. The van der Waals surface area contributed by atoms with E-state index in [-0.39, 0.29) is 10.8 Å². The number of carboxylic acid groups (broad SMARTS) is 1. The van der Waals surface area contributed by atoms with Gasteiger partial charge in [0, 0.05) is 0 Å². The van der Waals surface area contributed by atoms with Crippen molar-refractivity contribution in [2.24, 2.45) is 5.92 Å². The van der Waals surface area contributed by atoms with Gasteiger partial charge in [-0.05, 0) is 30.2 Å². The lowest BCUT2D eigenvalue weighted by molar-refractivity contribution is -0.140. The second-order valence-corrected chi connectivity index (χ2v) is 6.21. The molecule has 1 aromatic rings. The van der Waals surface area contributed by atoms with E-state index in [2.05, 4.69) is 4.72 Å². The molecule has 7 heteroatoms. The molecule has 2 N–H and O–H groups in total. The summed E-state index contributed by atoms with van der Waals surface area (Å²) < 4.78 is 31.5. The number of methoxy groups -OCH3 is 1. The molecule has 112 valence electrons. The highest BCUT2D eigenvalue weighted by molar-refractivity contribution is 7.89. The lowest BCUT2D eigenvalue weighted by Crippen LogP contribution is -2.44. The zero-order valence-electron chi connectivity index (χ0n) is 11.7. The topological polar surface area (TPSA) is 92.7 Å². The van der Waals surface area contributed by atoms with Crippen LogP contribution in [0.2, 0.25) is 0 Å². The molecule has 0 bridgehead atoms. The highest BCUT2D eigenvalue weighted by Crippen LogP contribution is 2.17. The fourth-order valence-electron chi connectivity index (χ4n) is 1.64. The molecule has 0 saturated heterocycles. The van der Waals surface area contributed by atoms with E-state index in [4.69, 9.17) is 9.84 Å². The predicted octanol–water partition coefficient (Wildman–Crippen LogP) is 1.47. The van der Waals surface area contributed by atoms with Gasteiger partial charge in [-0.3, -0.25) is 4.79 Å². The summed E-state index contributed by atoms with van der Waals surface area (Å²) in [6.07, 6.45) is 0.558. The molecule has 0 fully saturated rings.